The van der Waals surface area contributed by atoms with Gasteiger partial charge in [-0.15, -0.1) is 11.6 Å². The fourth-order valence-electron chi connectivity index (χ4n) is 0.719. The van der Waals surface area contributed by atoms with E-state index in [9.17, 15) is 8.78 Å². The Balaban J connectivity index is 3.39. The van der Waals surface area contributed by atoms with Crippen LogP contribution < -0.4 is 0 Å². The van der Waals surface area contributed by atoms with Crippen molar-refractivity contribution in [1.82, 2.24) is 0 Å². The van der Waals surface area contributed by atoms with E-state index in [1.54, 1.807) is 0 Å². The van der Waals surface area contributed by atoms with Crippen LogP contribution in [0.5, 0.6) is 0 Å². The summed E-state index contributed by atoms with van der Waals surface area (Å²) in [5.74, 6) is -1.11. The van der Waals surface area contributed by atoms with Gasteiger partial charge in [0.1, 0.15) is 11.6 Å². The molecule has 0 aliphatic carbocycles. The summed E-state index contributed by atoms with van der Waals surface area (Å²) in [5, 5.41) is 0. The minimum atomic E-state index is -0.529. The lowest BCUT2D eigenvalue weighted by Gasteiger charge is -2.04. The van der Waals surface area contributed by atoms with E-state index in [1.165, 1.54) is 0 Å². The molecule has 0 bridgehead atoms. The van der Waals surface area contributed by atoms with Crippen molar-refractivity contribution in [2.75, 3.05) is 0 Å². The molecule has 0 aliphatic rings. The third-order valence-corrected chi connectivity index (χ3v) is 3.66. The zero-order chi connectivity index (χ0) is 9.30. The smallest absolute Gasteiger partial charge is 0.143 e. The molecule has 0 amide bonds. The lowest BCUT2D eigenvalue weighted by Crippen LogP contribution is -1.92. The maximum Gasteiger partial charge on any atom is 0.143 e. The van der Waals surface area contributed by atoms with Gasteiger partial charge in [0, 0.05) is 5.56 Å². The first-order valence-corrected chi connectivity index (χ1v) is 5.07. The van der Waals surface area contributed by atoms with E-state index in [0.29, 0.717) is 0 Å². The predicted octanol–water partition coefficient (Wildman–Crippen LogP) is 4.23. The Bertz CT molecular complexity index is 315. The summed E-state index contributed by atoms with van der Waals surface area (Å²) in [6.07, 6.45) is 0. The van der Waals surface area contributed by atoms with Gasteiger partial charge in [0.25, 0.3) is 0 Å². The number of alkyl halides is 1. The molecule has 0 heterocycles. The van der Waals surface area contributed by atoms with Crippen LogP contribution in [-0.2, 0) is 5.88 Å². The van der Waals surface area contributed by atoms with Crippen LogP contribution in [0.3, 0.4) is 0 Å². The fourth-order valence-corrected chi connectivity index (χ4v) is 1.65. The molecular formula is C7H3Br2ClF2. The van der Waals surface area contributed by atoms with Gasteiger partial charge in [0.05, 0.1) is 14.8 Å². The van der Waals surface area contributed by atoms with E-state index in [0.717, 1.165) is 6.07 Å². The number of rotatable bonds is 1. The van der Waals surface area contributed by atoms with Crippen molar-refractivity contribution in [3.8, 4) is 0 Å². The van der Waals surface area contributed by atoms with Gasteiger partial charge in [-0.3, -0.25) is 0 Å². The number of hydrogen-bond donors (Lipinski definition) is 0. The molecule has 0 nitrogen and oxygen atoms in total. The van der Waals surface area contributed by atoms with Gasteiger partial charge in [-0.05, 0) is 37.9 Å². The van der Waals surface area contributed by atoms with Crippen LogP contribution in [0.15, 0.2) is 15.0 Å². The molecule has 0 aromatic heterocycles. The van der Waals surface area contributed by atoms with E-state index in [1.807, 2.05) is 0 Å². The van der Waals surface area contributed by atoms with Gasteiger partial charge >= 0.3 is 0 Å². The van der Waals surface area contributed by atoms with Gasteiger partial charge in [-0.1, -0.05) is 0 Å². The first kappa shape index (κ1) is 10.4. The Morgan fingerprint density at radius 1 is 1.25 bits per heavy atom. The highest BCUT2D eigenvalue weighted by molar-refractivity contribution is 9.13. The molecule has 1 aromatic carbocycles. The second-order valence-corrected chi connectivity index (χ2v) is 3.95. The molecule has 0 spiro atoms. The lowest BCUT2D eigenvalue weighted by atomic mass is 10.2. The highest BCUT2D eigenvalue weighted by Gasteiger charge is 2.13. The quantitative estimate of drug-likeness (QED) is 0.413. The monoisotopic (exact) mass is 318 g/mol. The third-order valence-electron chi connectivity index (χ3n) is 1.32. The van der Waals surface area contributed by atoms with E-state index >= 15 is 0 Å². The van der Waals surface area contributed by atoms with E-state index in [4.69, 9.17) is 11.6 Å². The van der Waals surface area contributed by atoms with Crippen molar-refractivity contribution in [3.63, 3.8) is 0 Å². The van der Waals surface area contributed by atoms with Crippen LogP contribution in [0, 0.1) is 11.6 Å². The Morgan fingerprint density at radius 2 is 1.83 bits per heavy atom. The molecule has 66 valence electrons. The van der Waals surface area contributed by atoms with Gasteiger partial charge in [0.15, 0.2) is 0 Å². The summed E-state index contributed by atoms with van der Waals surface area (Å²) >= 11 is 11.2. The van der Waals surface area contributed by atoms with Gasteiger partial charge < -0.3 is 0 Å². The van der Waals surface area contributed by atoms with Crippen molar-refractivity contribution in [2.45, 2.75) is 5.88 Å². The fraction of sp³-hybridized carbons (Fsp3) is 0.143. The van der Waals surface area contributed by atoms with E-state index < -0.39 is 11.6 Å². The standard InChI is InChI=1S/C7H3Br2ClF2/c8-5-4(11)1-3(2-10)7(12)6(5)9/h1H,2H2. The Morgan fingerprint density at radius 3 is 2.33 bits per heavy atom. The van der Waals surface area contributed by atoms with Gasteiger partial charge in [-0.25, -0.2) is 8.78 Å². The van der Waals surface area contributed by atoms with E-state index in [-0.39, 0.29) is 20.4 Å². The highest BCUT2D eigenvalue weighted by Crippen LogP contribution is 2.31. The molecule has 0 saturated heterocycles. The molecule has 0 unspecified atom stereocenters. The average Bonchev–Trinajstić information content (AvgIpc) is 2.08. The van der Waals surface area contributed by atoms with Crippen molar-refractivity contribution >= 4 is 43.5 Å². The van der Waals surface area contributed by atoms with E-state index in [2.05, 4.69) is 31.9 Å². The first-order valence-electron chi connectivity index (χ1n) is 2.95. The molecule has 5 heteroatoms. The zero-order valence-corrected chi connectivity index (χ0v) is 9.60. The lowest BCUT2D eigenvalue weighted by molar-refractivity contribution is 0.579. The van der Waals surface area contributed by atoms with Crippen molar-refractivity contribution in [3.05, 3.63) is 32.2 Å². The van der Waals surface area contributed by atoms with Crippen LogP contribution in [0.4, 0.5) is 8.78 Å². The minimum Gasteiger partial charge on any atom is -0.206 e. The highest BCUT2D eigenvalue weighted by atomic mass is 79.9. The molecule has 0 fully saturated rings. The predicted molar refractivity (Wildman–Crippen MR) is 51.3 cm³/mol. The summed E-state index contributed by atoms with van der Waals surface area (Å²) in [4.78, 5) is 0. The first-order chi connectivity index (χ1) is 5.57. The molecule has 1 rings (SSSR count). The SMILES string of the molecule is Fc1cc(CCl)c(F)c(Br)c1Br. The molecule has 1 aromatic rings. The molecular weight excluding hydrogens is 317 g/mol. The van der Waals surface area contributed by atoms with Crippen LogP contribution >= 0.6 is 43.5 Å². The Labute approximate surface area is 90.2 Å². The van der Waals surface area contributed by atoms with Gasteiger partial charge in [0.2, 0.25) is 0 Å². The number of halogens is 5. The van der Waals surface area contributed by atoms with Crippen LogP contribution in [0.1, 0.15) is 5.56 Å². The van der Waals surface area contributed by atoms with Crippen molar-refractivity contribution in [1.29, 1.82) is 0 Å². The molecule has 0 aliphatic heterocycles. The van der Waals surface area contributed by atoms with Crippen LogP contribution in [0.2, 0.25) is 0 Å². The second kappa shape index (κ2) is 4.03. The van der Waals surface area contributed by atoms with Crippen molar-refractivity contribution in [2.24, 2.45) is 0 Å². The molecule has 12 heavy (non-hydrogen) atoms. The maximum absolute atomic E-state index is 13.1. The largest absolute Gasteiger partial charge is 0.206 e. The number of hydrogen-bond acceptors (Lipinski definition) is 0. The average molecular weight is 320 g/mol. The topological polar surface area (TPSA) is 0 Å². The molecule has 0 radical (unpaired) electrons. The summed E-state index contributed by atoms with van der Waals surface area (Å²) in [5.41, 5.74) is 0.143. The summed E-state index contributed by atoms with van der Waals surface area (Å²) in [7, 11) is 0. The zero-order valence-electron chi connectivity index (χ0n) is 5.67. The number of benzene rings is 1. The van der Waals surface area contributed by atoms with Gasteiger partial charge in [-0.2, -0.15) is 0 Å². The molecule has 0 saturated carbocycles. The summed E-state index contributed by atoms with van der Waals surface area (Å²) < 4.78 is 26.2. The second-order valence-electron chi connectivity index (χ2n) is 2.09. The molecule has 0 atom stereocenters. The van der Waals surface area contributed by atoms with Crippen molar-refractivity contribution < 1.29 is 8.78 Å². The van der Waals surface area contributed by atoms with Crippen LogP contribution in [0.25, 0.3) is 0 Å². The summed E-state index contributed by atoms with van der Waals surface area (Å²) in [6.45, 7) is 0. The Hall–Kier alpha value is 0.330. The maximum atomic E-state index is 13.1. The minimum absolute atomic E-state index is 0.0470. The normalized spacial score (nSPS) is 10.4. The third kappa shape index (κ3) is 1.80. The summed E-state index contributed by atoms with van der Waals surface area (Å²) in [6, 6.07) is 1.07. The molecule has 0 N–H and O–H groups in total. The van der Waals surface area contributed by atoms with Crippen LogP contribution in [-0.4, -0.2) is 0 Å². The Kier molecular flexibility index (Phi) is 3.49.